The van der Waals surface area contributed by atoms with E-state index in [1.807, 2.05) is 31.3 Å². The van der Waals surface area contributed by atoms with Gasteiger partial charge in [0.15, 0.2) is 0 Å². The zero-order chi connectivity index (χ0) is 11.9. The highest BCUT2D eigenvalue weighted by Gasteiger charge is 2.25. The second-order valence-electron chi connectivity index (χ2n) is 5.31. The summed E-state index contributed by atoms with van der Waals surface area (Å²) in [5, 5.41) is 0. The maximum atomic E-state index is 6.06. The van der Waals surface area contributed by atoms with Crippen LogP contribution in [0.15, 0.2) is 24.4 Å². The molecule has 2 rings (SSSR count). The molecule has 0 radical (unpaired) electrons. The summed E-state index contributed by atoms with van der Waals surface area (Å²) in [7, 11) is 0. The van der Waals surface area contributed by atoms with E-state index in [2.05, 4.69) is 30.2 Å². The smallest absolute Gasteiger partial charge is 0.137 e. The van der Waals surface area contributed by atoms with Crippen molar-refractivity contribution >= 4 is 5.65 Å². The lowest BCUT2D eigenvalue weighted by atomic mass is 9.89. The maximum absolute atomic E-state index is 6.06. The Hall–Kier alpha value is -1.35. The molecule has 86 valence electrons. The van der Waals surface area contributed by atoms with Gasteiger partial charge in [-0.15, -0.1) is 0 Å². The Bertz CT molecular complexity index is 503. The van der Waals surface area contributed by atoms with Crippen LogP contribution >= 0.6 is 0 Å². The molecule has 1 atom stereocenters. The first-order valence-corrected chi connectivity index (χ1v) is 5.64. The van der Waals surface area contributed by atoms with Crippen molar-refractivity contribution in [3.63, 3.8) is 0 Å². The maximum Gasteiger partial charge on any atom is 0.137 e. The number of fused-ring (bicyclic) bond motifs is 1. The molecule has 0 amide bonds. The Morgan fingerprint density at radius 3 is 2.56 bits per heavy atom. The van der Waals surface area contributed by atoms with Crippen LogP contribution in [0, 0.1) is 0 Å². The quantitative estimate of drug-likeness (QED) is 0.798. The van der Waals surface area contributed by atoms with Crippen LogP contribution < -0.4 is 5.73 Å². The summed E-state index contributed by atoms with van der Waals surface area (Å²) in [5.74, 6) is 0. The summed E-state index contributed by atoms with van der Waals surface area (Å²) >= 11 is 0. The normalized spacial score (nSPS) is 14.3. The minimum absolute atomic E-state index is 0.00775. The molecular weight excluding hydrogens is 198 g/mol. The van der Waals surface area contributed by atoms with Gasteiger partial charge in [0.1, 0.15) is 5.65 Å². The third-order valence-electron chi connectivity index (χ3n) is 2.71. The third-order valence-corrected chi connectivity index (χ3v) is 2.71. The van der Waals surface area contributed by atoms with Gasteiger partial charge in [0.2, 0.25) is 0 Å². The Morgan fingerprint density at radius 2 is 2.00 bits per heavy atom. The SMILES string of the molecule is CC(N)c1c(C(C)(C)C)nc2ccccn12. The number of nitrogens with two attached hydrogens (primary N) is 1. The van der Waals surface area contributed by atoms with Crippen LogP contribution in [0.1, 0.15) is 45.1 Å². The molecule has 3 heteroatoms. The van der Waals surface area contributed by atoms with Crippen LogP contribution in [0.5, 0.6) is 0 Å². The Morgan fingerprint density at radius 1 is 1.31 bits per heavy atom. The molecule has 2 heterocycles. The first-order chi connectivity index (χ1) is 7.41. The minimum atomic E-state index is -0.00775. The number of rotatable bonds is 1. The highest BCUT2D eigenvalue weighted by molar-refractivity contribution is 5.45. The average Bonchev–Trinajstić information content (AvgIpc) is 2.55. The van der Waals surface area contributed by atoms with Gasteiger partial charge < -0.3 is 10.1 Å². The van der Waals surface area contributed by atoms with Gasteiger partial charge in [-0.3, -0.25) is 0 Å². The first kappa shape index (κ1) is 11.1. The third kappa shape index (κ3) is 1.71. The lowest BCUT2D eigenvalue weighted by Gasteiger charge is -2.19. The van der Waals surface area contributed by atoms with Crippen molar-refractivity contribution in [3.8, 4) is 0 Å². The molecule has 0 bridgehead atoms. The number of hydrogen-bond donors (Lipinski definition) is 1. The molecule has 0 aliphatic heterocycles. The van der Waals surface area contributed by atoms with Gasteiger partial charge in [-0.25, -0.2) is 4.98 Å². The van der Waals surface area contributed by atoms with E-state index in [1.54, 1.807) is 0 Å². The van der Waals surface area contributed by atoms with E-state index in [0.717, 1.165) is 17.0 Å². The fourth-order valence-corrected chi connectivity index (χ4v) is 2.00. The van der Waals surface area contributed by atoms with Crippen molar-refractivity contribution in [2.45, 2.75) is 39.2 Å². The Kier molecular flexibility index (Phi) is 2.50. The lowest BCUT2D eigenvalue weighted by Crippen LogP contribution is -2.19. The molecule has 2 aromatic heterocycles. The van der Waals surface area contributed by atoms with E-state index in [4.69, 9.17) is 5.73 Å². The van der Waals surface area contributed by atoms with Gasteiger partial charge in [0.05, 0.1) is 11.4 Å². The van der Waals surface area contributed by atoms with Gasteiger partial charge in [0.25, 0.3) is 0 Å². The van der Waals surface area contributed by atoms with E-state index in [9.17, 15) is 0 Å². The standard InChI is InChI=1S/C13H19N3/c1-9(14)11-12(13(2,3)4)15-10-7-5-6-8-16(10)11/h5-9H,14H2,1-4H3. The molecule has 0 saturated carbocycles. The first-order valence-electron chi connectivity index (χ1n) is 5.64. The van der Waals surface area contributed by atoms with E-state index in [0.29, 0.717) is 0 Å². The predicted molar refractivity (Wildman–Crippen MR) is 66.5 cm³/mol. The molecule has 2 aromatic rings. The molecule has 3 nitrogen and oxygen atoms in total. The number of pyridine rings is 1. The van der Waals surface area contributed by atoms with Crippen LogP contribution in [0.4, 0.5) is 0 Å². The van der Waals surface area contributed by atoms with Crippen molar-refractivity contribution in [2.75, 3.05) is 0 Å². The van der Waals surface area contributed by atoms with Crippen molar-refractivity contribution in [2.24, 2.45) is 5.73 Å². The fourth-order valence-electron chi connectivity index (χ4n) is 2.00. The van der Waals surface area contributed by atoms with E-state index in [1.165, 1.54) is 0 Å². The Balaban J connectivity index is 2.78. The van der Waals surface area contributed by atoms with Crippen LogP contribution in [0.2, 0.25) is 0 Å². The monoisotopic (exact) mass is 217 g/mol. The van der Waals surface area contributed by atoms with Crippen LogP contribution in [-0.2, 0) is 5.41 Å². The zero-order valence-corrected chi connectivity index (χ0v) is 10.4. The van der Waals surface area contributed by atoms with Gasteiger partial charge >= 0.3 is 0 Å². The summed E-state index contributed by atoms with van der Waals surface area (Å²) in [6.45, 7) is 8.51. The molecule has 0 saturated heterocycles. The number of hydrogen-bond acceptors (Lipinski definition) is 2. The molecule has 0 aliphatic carbocycles. The average molecular weight is 217 g/mol. The highest BCUT2D eigenvalue weighted by atomic mass is 15.0. The summed E-state index contributed by atoms with van der Waals surface area (Å²) in [6, 6.07) is 6.01. The summed E-state index contributed by atoms with van der Waals surface area (Å²) in [6.07, 6.45) is 2.02. The van der Waals surface area contributed by atoms with Crippen LogP contribution in [-0.4, -0.2) is 9.38 Å². The van der Waals surface area contributed by atoms with E-state index >= 15 is 0 Å². The van der Waals surface area contributed by atoms with Crippen LogP contribution in [0.25, 0.3) is 5.65 Å². The second-order valence-corrected chi connectivity index (χ2v) is 5.31. The molecule has 16 heavy (non-hydrogen) atoms. The fraction of sp³-hybridized carbons (Fsp3) is 0.462. The molecule has 2 N–H and O–H groups in total. The van der Waals surface area contributed by atoms with Crippen molar-refractivity contribution in [1.82, 2.24) is 9.38 Å². The summed E-state index contributed by atoms with van der Waals surface area (Å²) in [4.78, 5) is 4.69. The Labute approximate surface area is 96.3 Å². The number of aromatic nitrogens is 2. The van der Waals surface area contributed by atoms with Gasteiger partial charge in [0, 0.05) is 17.7 Å². The lowest BCUT2D eigenvalue weighted by molar-refractivity contribution is 0.555. The second kappa shape index (κ2) is 3.59. The van der Waals surface area contributed by atoms with E-state index in [-0.39, 0.29) is 11.5 Å². The topological polar surface area (TPSA) is 43.3 Å². The molecule has 0 spiro atoms. The largest absolute Gasteiger partial charge is 0.323 e. The van der Waals surface area contributed by atoms with Crippen LogP contribution in [0.3, 0.4) is 0 Å². The van der Waals surface area contributed by atoms with Gasteiger partial charge in [-0.1, -0.05) is 26.8 Å². The number of nitrogens with zero attached hydrogens (tertiary/aromatic N) is 2. The molecule has 0 aromatic carbocycles. The number of imidazole rings is 1. The minimum Gasteiger partial charge on any atom is -0.323 e. The van der Waals surface area contributed by atoms with Crippen molar-refractivity contribution in [1.29, 1.82) is 0 Å². The predicted octanol–water partition coefficient (Wildman–Crippen LogP) is 2.65. The molecular formula is C13H19N3. The van der Waals surface area contributed by atoms with Gasteiger partial charge in [-0.2, -0.15) is 0 Å². The van der Waals surface area contributed by atoms with E-state index < -0.39 is 0 Å². The highest BCUT2D eigenvalue weighted by Crippen LogP contribution is 2.29. The molecule has 1 unspecified atom stereocenters. The summed E-state index contributed by atoms with van der Waals surface area (Å²) < 4.78 is 2.09. The van der Waals surface area contributed by atoms with Crippen molar-refractivity contribution < 1.29 is 0 Å². The van der Waals surface area contributed by atoms with Gasteiger partial charge in [-0.05, 0) is 19.1 Å². The molecule has 0 fully saturated rings. The zero-order valence-electron chi connectivity index (χ0n) is 10.4. The summed E-state index contributed by atoms with van der Waals surface area (Å²) in [5.41, 5.74) is 9.26. The molecule has 0 aliphatic rings. The van der Waals surface area contributed by atoms with Crippen molar-refractivity contribution in [3.05, 3.63) is 35.8 Å².